The van der Waals surface area contributed by atoms with Crippen LogP contribution in [0.25, 0.3) is 0 Å². The average molecular weight is 674 g/mol. The molecule has 0 aliphatic rings. The maximum atomic E-state index is 12.5. The Morgan fingerprint density at radius 1 is 0.696 bits per heavy atom. The van der Waals surface area contributed by atoms with Gasteiger partial charge in [0.25, 0.3) is 0 Å². The van der Waals surface area contributed by atoms with Gasteiger partial charge in [0.05, 0.1) is 13.2 Å². The molecule has 0 aliphatic carbocycles. The van der Waals surface area contributed by atoms with Crippen molar-refractivity contribution in [1.29, 1.82) is 0 Å². The number of aliphatic carboxylic acids is 1. The first kappa shape index (κ1) is 43.7. The molecule has 11 nitrogen and oxygen atoms in total. The van der Waals surface area contributed by atoms with E-state index >= 15 is 0 Å². The molecule has 0 amide bonds. The van der Waals surface area contributed by atoms with E-state index in [1.807, 2.05) is 0 Å². The van der Waals surface area contributed by atoms with Gasteiger partial charge in [0.15, 0.2) is 6.10 Å². The molecule has 0 bridgehead atoms. The average Bonchev–Trinajstić information content (AvgIpc) is 3.02. The molecule has 0 radical (unpaired) electrons. The summed E-state index contributed by atoms with van der Waals surface area (Å²) in [5, 5.41) is 8.81. The number of phosphoric ester groups is 1. The third-order valence-electron chi connectivity index (χ3n) is 6.90. The van der Waals surface area contributed by atoms with Crippen molar-refractivity contribution in [2.75, 3.05) is 19.8 Å². The van der Waals surface area contributed by atoms with Gasteiger partial charge in [-0.1, -0.05) is 108 Å². The zero-order chi connectivity index (χ0) is 34.3. The maximum Gasteiger partial charge on any atom is 0.472 e. The van der Waals surface area contributed by atoms with Crippen LogP contribution in [0, 0.1) is 0 Å². The van der Waals surface area contributed by atoms with Crippen molar-refractivity contribution < 1.29 is 47.5 Å². The summed E-state index contributed by atoms with van der Waals surface area (Å²) in [6, 6.07) is -1.52. The standard InChI is InChI=1S/C34H60NO10P/c1-3-5-7-9-10-11-12-13-14-15-16-17-18-19-20-22-24-26-33(37)45-30(27-42-32(36)25-23-21-8-6-4-2)28-43-46(40,41)44-29-31(35)34(38)39/h5,7,10-11,13-14,30-31H,3-4,6,8-9,12,15-29,35H2,1-2H3,(H,38,39)(H,40,41)/b7-5-,11-10-,14-13-. The number of carboxylic acids is 1. The fourth-order valence-electron chi connectivity index (χ4n) is 4.19. The molecule has 0 aromatic heterocycles. The van der Waals surface area contributed by atoms with E-state index in [0.29, 0.717) is 12.8 Å². The second-order valence-electron chi connectivity index (χ2n) is 11.3. The lowest BCUT2D eigenvalue weighted by atomic mass is 10.1. The highest BCUT2D eigenvalue weighted by molar-refractivity contribution is 7.47. The summed E-state index contributed by atoms with van der Waals surface area (Å²) in [4.78, 5) is 45.3. The summed E-state index contributed by atoms with van der Waals surface area (Å²) in [5.41, 5.74) is 5.28. The lowest BCUT2D eigenvalue weighted by Crippen LogP contribution is -2.34. The minimum atomic E-state index is -4.70. The molecule has 3 atom stereocenters. The molecular weight excluding hydrogens is 613 g/mol. The summed E-state index contributed by atoms with van der Waals surface area (Å²) in [7, 11) is -4.70. The predicted octanol–water partition coefficient (Wildman–Crippen LogP) is 7.72. The van der Waals surface area contributed by atoms with Crippen molar-refractivity contribution in [3.8, 4) is 0 Å². The van der Waals surface area contributed by atoms with E-state index in [1.54, 1.807) is 0 Å². The molecule has 0 heterocycles. The molecule has 0 saturated carbocycles. The molecule has 0 aliphatic heterocycles. The number of unbranched alkanes of at least 4 members (excludes halogenated alkanes) is 11. The molecule has 0 fully saturated rings. The number of nitrogens with two attached hydrogens (primary N) is 1. The van der Waals surface area contributed by atoms with Crippen molar-refractivity contribution in [2.24, 2.45) is 5.73 Å². The number of rotatable bonds is 31. The van der Waals surface area contributed by atoms with Crippen molar-refractivity contribution in [2.45, 2.75) is 142 Å². The zero-order valence-electron chi connectivity index (χ0n) is 28.2. The van der Waals surface area contributed by atoms with Crippen LogP contribution in [-0.4, -0.2) is 59.9 Å². The van der Waals surface area contributed by atoms with Crippen LogP contribution in [0.1, 0.15) is 129 Å². The van der Waals surface area contributed by atoms with Crippen LogP contribution in [0.4, 0.5) is 0 Å². The van der Waals surface area contributed by atoms with E-state index in [1.165, 1.54) is 6.42 Å². The summed E-state index contributed by atoms with van der Waals surface area (Å²) < 4.78 is 32.3. The molecular formula is C34H60NO10P. The molecule has 0 aromatic carbocycles. The highest BCUT2D eigenvalue weighted by Gasteiger charge is 2.28. The first-order chi connectivity index (χ1) is 22.1. The minimum Gasteiger partial charge on any atom is -0.480 e. The second kappa shape index (κ2) is 30.1. The number of carbonyl (C=O) groups excluding carboxylic acids is 2. The topological polar surface area (TPSA) is 172 Å². The van der Waals surface area contributed by atoms with Crippen LogP contribution >= 0.6 is 7.82 Å². The highest BCUT2D eigenvalue weighted by atomic mass is 31.2. The molecule has 4 N–H and O–H groups in total. The van der Waals surface area contributed by atoms with E-state index in [2.05, 4.69) is 54.8 Å². The molecule has 266 valence electrons. The number of esters is 2. The second-order valence-corrected chi connectivity index (χ2v) is 12.7. The van der Waals surface area contributed by atoms with Gasteiger partial charge >= 0.3 is 25.7 Å². The van der Waals surface area contributed by atoms with Crippen molar-refractivity contribution >= 4 is 25.7 Å². The fraction of sp³-hybridized carbons (Fsp3) is 0.735. The van der Waals surface area contributed by atoms with E-state index in [-0.39, 0.29) is 19.4 Å². The van der Waals surface area contributed by atoms with E-state index < -0.39 is 51.1 Å². The lowest BCUT2D eigenvalue weighted by Gasteiger charge is -2.20. The van der Waals surface area contributed by atoms with Gasteiger partial charge in [0.2, 0.25) is 0 Å². The molecule has 12 heteroatoms. The largest absolute Gasteiger partial charge is 0.480 e. The van der Waals surface area contributed by atoms with E-state index in [0.717, 1.165) is 83.5 Å². The fourth-order valence-corrected chi connectivity index (χ4v) is 4.97. The Balaban J connectivity index is 4.37. The van der Waals surface area contributed by atoms with Crippen molar-refractivity contribution in [3.63, 3.8) is 0 Å². The Kier molecular flexibility index (Phi) is 28.6. The first-order valence-corrected chi connectivity index (χ1v) is 18.5. The van der Waals surface area contributed by atoms with Gasteiger partial charge < -0.3 is 25.2 Å². The SMILES string of the molecule is CC/C=C\C/C=C\C/C=C\CCCCCCCCCC(=O)OC(COC(=O)CCCCCCC)COP(=O)(O)OCC(N)C(=O)O. The summed E-state index contributed by atoms with van der Waals surface area (Å²) in [5.74, 6) is -2.41. The van der Waals surface area contributed by atoms with Gasteiger partial charge in [0.1, 0.15) is 12.6 Å². The van der Waals surface area contributed by atoms with E-state index in [9.17, 15) is 23.8 Å². The van der Waals surface area contributed by atoms with Gasteiger partial charge in [-0.2, -0.15) is 0 Å². The molecule has 3 unspecified atom stereocenters. The number of carboxylic acid groups (broad SMARTS) is 1. The Bertz CT molecular complexity index is 937. The number of ether oxygens (including phenoxy) is 2. The van der Waals surface area contributed by atoms with Crippen LogP contribution in [0.3, 0.4) is 0 Å². The first-order valence-electron chi connectivity index (χ1n) is 17.0. The van der Waals surface area contributed by atoms with Crippen molar-refractivity contribution in [3.05, 3.63) is 36.5 Å². The molecule has 0 spiro atoms. The summed E-state index contributed by atoms with van der Waals surface area (Å²) in [6.07, 6.45) is 28.4. The number of hydrogen-bond acceptors (Lipinski definition) is 9. The molecule has 46 heavy (non-hydrogen) atoms. The van der Waals surface area contributed by atoms with Gasteiger partial charge in [-0.3, -0.25) is 23.4 Å². The van der Waals surface area contributed by atoms with Crippen LogP contribution in [0.5, 0.6) is 0 Å². The van der Waals surface area contributed by atoms with Crippen LogP contribution in [0.15, 0.2) is 36.5 Å². The smallest absolute Gasteiger partial charge is 0.472 e. The molecule has 0 aromatic rings. The Labute approximate surface area is 276 Å². The Hall–Kier alpha value is -2.30. The van der Waals surface area contributed by atoms with Crippen LogP contribution in [0.2, 0.25) is 0 Å². The lowest BCUT2D eigenvalue weighted by molar-refractivity contribution is -0.161. The number of hydrogen-bond donors (Lipinski definition) is 3. The quantitative estimate of drug-likeness (QED) is 0.0285. The van der Waals surface area contributed by atoms with Gasteiger partial charge in [-0.05, 0) is 44.9 Å². The Morgan fingerprint density at radius 3 is 1.83 bits per heavy atom. The van der Waals surface area contributed by atoms with Gasteiger partial charge in [0, 0.05) is 12.8 Å². The highest BCUT2D eigenvalue weighted by Crippen LogP contribution is 2.43. The number of carbonyl (C=O) groups is 3. The summed E-state index contributed by atoms with van der Waals surface area (Å²) >= 11 is 0. The van der Waals surface area contributed by atoms with Crippen LogP contribution in [-0.2, 0) is 37.5 Å². The van der Waals surface area contributed by atoms with Crippen molar-refractivity contribution in [1.82, 2.24) is 0 Å². The Morgan fingerprint density at radius 2 is 1.22 bits per heavy atom. The minimum absolute atomic E-state index is 0.150. The normalized spacial score (nSPS) is 14.5. The third-order valence-corrected chi connectivity index (χ3v) is 7.85. The van der Waals surface area contributed by atoms with Crippen LogP contribution < -0.4 is 5.73 Å². The molecule has 0 rings (SSSR count). The van der Waals surface area contributed by atoms with Gasteiger partial charge in [-0.15, -0.1) is 0 Å². The molecule has 0 saturated heterocycles. The summed E-state index contributed by atoms with van der Waals surface area (Å²) in [6.45, 7) is 2.54. The number of allylic oxidation sites excluding steroid dienone is 6. The zero-order valence-corrected chi connectivity index (χ0v) is 29.0. The van der Waals surface area contributed by atoms with E-state index in [4.69, 9.17) is 24.8 Å². The monoisotopic (exact) mass is 673 g/mol. The predicted molar refractivity (Wildman–Crippen MR) is 180 cm³/mol. The maximum absolute atomic E-state index is 12.5. The third kappa shape index (κ3) is 29.1. The number of phosphoric acid groups is 1. The van der Waals surface area contributed by atoms with Gasteiger partial charge in [-0.25, -0.2) is 4.57 Å².